The van der Waals surface area contributed by atoms with Crippen LogP contribution in [-0.4, -0.2) is 0 Å². The van der Waals surface area contributed by atoms with Crippen LogP contribution >= 0.6 is 11.3 Å². The van der Waals surface area contributed by atoms with Crippen molar-refractivity contribution in [1.29, 1.82) is 0 Å². The Hall–Kier alpha value is -8.30. The first-order valence-electron chi connectivity index (χ1n) is 22.6. The van der Waals surface area contributed by atoms with E-state index in [2.05, 4.69) is 266 Å². The van der Waals surface area contributed by atoms with Gasteiger partial charge >= 0.3 is 0 Å². The summed E-state index contributed by atoms with van der Waals surface area (Å²) in [4.78, 5) is 2.37. The number of anilines is 3. The molecule has 0 radical (unpaired) electrons. The van der Waals surface area contributed by atoms with Crippen LogP contribution in [0.1, 0.15) is 0 Å². The van der Waals surface area contributed by atoms with Crippen LogP contribution in [-0.2, 0) is 0 Å². The molecule has 66 heavy (non-hydrogen) atoms. The number of hydrogen-bond donors (Lipinski definition) is 0. The van der Waals surface area contributed by atoms with Crippen LogP contribution in [0.4, 0.5) is 17.1 Å². The lowest BCUT2D eigenvalue weighted by Crippen LogP contribution is -2.09. The van der Waals surface area contributed by atoms with Gasteiger partial charge in [-0.25, -0.2) is 0 Å². The number of fused-ring (bicyclic) bond motifs is 4. The number of thiophene rings is 1. The first-order chi connectivity index (χ1) is 32.7. The summed E-state index contributed by atoms with van der Waals surface area (Å²) in [5, 5.41) is 5.14. The number of nitrogens with zero attached hydrogens (tertiary/aromatic N) is 1. The van der Waals surface area contributed by atoms with Crippen molar-refractivity contribution in [2.24, 2.45) is 0 Å². The van der Waals surface area contributed by atoms with Crippen molar-refractivity contribution in [3.8, 4) is 66.8 Å². The van der Waals surface area contributed by atoms with Crippen LogP contribution < -0.4 is 4.90 Å². The van der Waals surface area contributed by atoms with E-state index in [0.717, 1.165) is 17.1 Å². The van der Waals surface area contributed by atoms with Gasteiger partial charge in [0.05, 0.1) is 0 Å². The summed E-state index contributed by atoms with van der Waals surface area (Å²) in [5.74, 6) is 0. The number of hydrogen-bond acceptors (Lipinski definition) is 2. The molecule has 12 rings (SSSR count). The van der Waals surface area contributed by atoms with Crippen molar-refractivity contribution in [3.05, 3.63) is 261 Å². The molecule has 0 aliphatic rings. The third-order valence-corrected chi connectivity index (χ3v) is 14.0. The minimum atomic E-state index is 1.09. The minimum Gasteiger partial charge on any atom is -0.311 e. The molecule has 0 saturated carbocycles. The molecule has 0 aliphatic heterocycles. The predicted octanol–water partition coefficient (Wildman–Crippen LogP) is 18.7. The normalized spacial score (nSPS) is 11.3. The minimum absolute atomic E-state index is 1.09. The Bertz CT molecular complexity index is 3610. The Morgan fingerprint density at radius 1 is 0.242 bits per heavy atom. The maximum Gasteiger partial charge on any atom is 0.0462 e. The summed E-state index contributed by atoms with van der Waals surface area (Å²) in [6, 6.07) is 95.1. The Morgan fingerprint density at radius 3 is 1.27 bits per heavy atom. The monoisotopic (exact) mass is 857 g/mol. The van der Waals surface area contributed by atoms with Gasteiger partial charge in [-0.1, -0.05) is 182 Å². The van der Waals surface area contributed by atoms with E-state index in [9.17, 15) is 0 Å². The molecule has 1 nitrogen and oxygen atoms in total. The molecular formula is C64H43NS. The Labute approximate surface area is 389 Å². The Balaban J connectivity index is 0.927. The van der Waals surface area contributed by atoms with Crippen molar-refractivity contribution in [3.63, 3.8) is 0 Å². The van der Waals surface area contributed by atoms with Crippen molar-refractivity contribution in [2.75, 3.05) is 4.90 Å². The molecule has 1 heterocycles. The van der Waals surface area contributed by atoms with Gasteiger partial charge < -0.3 is 4.90 Å². The first kappa shape index (κ1) is 39.3. The second-order valence-corrected chi connectivity index (χ2v) is 18.0. The van der Waals surface area contributed by atoms with Crippen molar-refractivity contribution in [2.45, 2.75) is 0 Å². The van der Waals surface area contributed by atoms with E-state index >= 15 is 0 Å². The van der Waals surface area contributed by atoms with Crippen LogP contribution in [0.5, 0.6) is 0 Å². The molecule has 310 valence electrons. The van der Waals surface area contributed by atoms with Crippen molar-refractivity contribution < 1.29 is 0 Å². The third-order valence-electron chi connectivity index (χ3n) is 12.8. The topological polar surface area (TPSA) is 3.24 Å². The molecule has 0 N–H and O–H groups in total. The molecule has 11 aromatic carbocycles. The second-order valence-electron chi connectivity index (χ2n) is 16.9. The summed E-state index contributed by atoms with van der Waals surface area (Å²) < 4.78 is 2.63. The molecule has 2 heteroatoms. The van der Waals surface area contributed by atoms with Gasteiger partial charge in [-0.3, -0.25) is 0 Å². The summed E-state index contributed by atoms with van der Waals surface area (Å²) >= 11 is 1.86. The summed E-state index contributed by atoms with van der Waals surface area (Å²) in [5.41, 5.74) is 17.7. The zero-order valence-corrected chi connectivity index (χ0v) is 37.0. The summed E-state index contributed by atoms with van der Waals surface area (Å²) in [7, 11) is 0. The van der Waals surface area contributed by atoms with Gasteiger partial charge in [-0.15, -0.1) is 11.3 Å². The van der Waals surface area contributed by atoms with E-state index in [0.29, 0.717) is 0 Å². The maximum absolute atomic E-state index is 2.37. The Kier molecular flexibility index (Phi) is 10.1. The van der Waals surface area contributed by atoms with Crippen LogP contribution in [0.25, 0.3) is 97.7 Å². The second kappa shape index (κ2) is 17.0. The highest BCUT2D eigenvalue weighted by Crippen LogP contribution is 2.43. The predicted molar refractivity (Wildman–Crippen MR) is 284 cm³/mol. The average Bonchev–Trinajstić information content (AvgIpc) is 3.79. The van der Waals surface area contributed by atoms with E-state index in [1.807, 2.05) is 11.3 Å². The lowest BCUT2D eigenvalue weighted by molar-refractivity contribution is 1.28. The third kappa shape index (κ3) is 7.54. The lowest BCUT2D eigenvalue weighted by Gasteiger charge is -2.26. The SMILES string of the molecule is c1ccc(-c2cc(-c3ccccc3)cc(-c3ccc(N(c4ccc(-c5cccc(-c6ccc7ccccc7c6)c5)cc4)c4ccc(-c5cccc6sc7ccccc7c56)cc4)cc3)c2)cc1. The van der Waals surface area contributed by atoms with E-state index in [4.69, 9.17) is 0 Å². The quantitative estimate of drug-likeness (QED) is 0.140. The largest absolute Gasteiger partial charge is 0.311 e. The molecule has 0 fully saturated rings. The van der Waals surface area contributed by atoms with Gasteiger partial charge in [0, 0.05) is 37.2 Å². The number of rotatable bonds is 9. The summed E-state index contributed by atoms with van der Waals surface area (Å²) in [6.45, 7) is 0. The van der Waals surface area contributed by atoms with Crippen LogP contribution in [0.2, 0.25) is 0 Å². The highest BCUT2D eigenvalue weighted by Gasteiger charge is 2.17. The van der Waals surface area contributed by atoms with E-state index in [-0.39, 0.29) is 0 Å². The molecule has 0 bridgehead atoms. The molecule has 0 amide bonds. The van der Waals surface area contributed by atoms with Gasteiger partial charge in [0.25, 0.3) is 0 Å². The molecule has 0 unspecified atom stereocenters. The molecule has 0 aliphatic carbocycles. The molecular weight excluding hydrogens is 815 g/mol. The molecule has 0 spiro atoms. The molecule has 1 aromatic heterocycles. The van der Waals surface area contributed by atoms with Gasteiger partial charge in [0.15, 0.2) is 0 Å². The van der Waals surface area contributed by atoms with Crippen molar-refractivity contribution >= 4 is 59.3 Å². The summed E-state index contributed by atoms with van der Waals surface area (Å²) in [6.07, 6.45) is 0. The zero-order chi connectivity index (χ0) is 43.8. The van der Waals surface area contributed by atoms with Crippen molar-refractivity contribution in [1.82, 2.24) is 0 Å². The maximum atomic E-state index is 2.37. The van der Waals surface area contributed by atoms with Crippen LogP contribution in [0.15, 0.2) is 261 Å². The smallest absolute Gasteiger partial charge is 0.0462 e. The molecule has 0 atom stereocenters. The highest BCUT2D eigenvalue weighted by molar-refractivity contribution is 7.25. The van der Waals surface area contributed by atoms with E-state index in [1.165, 1.54) is 97.7 Å². The van der Waals surface area contributed by atoms with Crippen LogP contribution in [0.3, 0.4) is 0 Å². The fourth-order valence-corrected chi connectivity index (χ4v) is 10.6. The molecule has 12 aromatic rings. The number of benzene rings is 11. The first-order valence-corrected chi connectivity index (χ1v) is 23.4. The van der Waals surface area contributed by atoms with E-state index in [1.54, 1.807) is 0 Å². The zero-order valence-electron chi connectivity index (χ0n) is 36.2. The molecule has 0 saturated heterocycles. The highest BCUT2D eigenvalue weighted by atomic mass is 32.1. The fourth-order valence-electron chi connectivity index (χ4n) is 9.49. The fraction of sp³-hybridized carbons (Fsp3) is 0. The Morgan fingerprint density at radius 2 is 0.652 bits per heavy atom. The lowest BCUT2D eigenvalue weighted by atomic mass is 9.93. The van der Waals surface area contributed by atoms with E-state index < -0.39 is 0 Å². The van der Waals surface area contributed by atoms with Gasteiger partial charge in [-0.2, -0.15) is 0 Å². The van der Waals surface area contributed by atoms with Gasteiger partial charge in [-0.05, 0) is 156 Å². The van der Waals surface area contributed by atoms with Gasteiger partial charge in [0.1, 0.15) is 0 Å². The average molecular weight is 858 g/mol. The van der Waals surface area contributed by atoms with Gasteiger partial charge in [0.2, 0.25) is 0 Å². The standard InChI is InChI=1S/C64H43NS/c1-3-13-44(14-4-1)54-41-55(45-15-5-2-6-16-45)43-56(42-54)48-29-35-58(36-30-48)65(59-37-31-49(32-38-59)60-22-12-24-63-64(60)61-21-9-10-23-62(61)66-63)57-33-27-47(28-34-57)51-19-11-20-52(39-51)53-26-25-46-17-7-8-18-50(46)40-53/h1-43H. The van der Waals surface area contributed by atoms with Crippen LogP contribution in [0, 0.1) is 0 Å².